The molecule has 4 rings (SSSR count). The van der Waals surface area contributed by atoms with E-state index in [1.54, 1.807) is 23.5 Å². The van der Waals surface area contributed by atoms with Gasteiger partial charge in [-0.05, 0) is 42.5 Å². The number of halogens is 1. The summed E-state index contributed by atoms with van der Waals surface area (Å²) in [7, 11) is 0. The largest absolute Gasteiger partial charge is 0.380 e. The van der Waals surface area contributed by atoms with Crippen LogP contribution in [0.5, 0.6) is 0 Å². The van der Waals surface area contributed by atoms with Gasteiger partial charge in [-0.2, -0.15) is 0 Å². The van der Waals surface area contributed by atoms with E-state index in [0.29, 0.717) is 17.5 Å². The number of aliphatic hydroxyl groups is 2. The van der Waals surface area contributed by atoms with Gasteiger partial charge in [-0.1, -0.05) is 55.8 Å². The molecule has 0 bridgehead atoms. The summed E-state index contributed by atoms with van der Waals surface area (Å²) in [5, 5.41) is 27.3. The number of aliphatic hydroxyl groups excluding tert-OH is 2. The monoisotopic (exact) mass is 529 g/mol. The molecule has 1 aromatic carbocycles. The predicted octanol–water partition coefficient (Wildman–Crippen LogP) is 4.09. The molecule has 2 aliphatic rings. The fourth-order valence-electron chi connectivity index (χ4n) is 4.58. The zero-order valence-electron chi connectivity index (χ0n) is 20.4. The van der Waals surface area contributed by atoms with E-state index in [2.05, 4.69) is 30.6 Å². The molecule has 192 valence electrons. The van der Waals surface area contributed by atoms with Gasteiger partial charge in [0.1, 0.15) is 0 Å². The van der Waals surface area contributed by atoms with Crippen LogP contribution in [0.2, 0.25) is 5.02 Å². The molecular weight excluding hydrogens is 498 g/mol. The van der Waals surface area contributed by atoms with Crippen LogP contribution in [-0.4, -0.2) is 57.2 Å². The fraction of sp³-hybridized carbons (Fsp3) is 0.444. The molecule has 1 fully saturated rings. The summed E-state index contributed by atoms with van der Waals surface area (Å²) < 4.78 is 0. The van der Waals surface area contributed by atoms with Crippen molar-refractivity contribution in [2.75, 3.05) is 13.1 Å². The molecule has 9 heteroatoms. The molecule has 2 aromatic rings. The molecule has 36 heavy (non-hydrogen) atoms. The Kier molecular flexibility index (Phi) is 8.62. The average molecular weight is 530 g/mol. The molecule has 7 nitrogen and oxygen atoms in total. The Morgan fingerprint density at radius 1 is 1.28 bits per heavy atom. The number of likely N-dealkylation sites (tertiary alicyclic amines) is 1. The Labute approximate surface area is 220 Å². The first-order valence-electron chi connectivity index (χ1n) is 12.3. The van der Waals surface area contributed by atoms with Gasteiger partial charge in [0.2, 0.25) is 0 Å². The molecule has 0 spiro atoms. The van der Waals surface area contributed by atoms with Crippen molar-refractivity contribution in [3.8, 4) is 0 Å². The lowest BCUT2D eigenvalue weighted by Crippen LogP contribution is -2.50. The summed E-state index contributed by atoms with van der Waals surface area (Å²) in [6.07, 6.45) is 4.60. The van der Waals surface area contributed by atoms with Crippen LogP contribution < -0.4 is 5.32 Å². The lowest BCUT2D eigenvalue weighted by Gasteiger charge is -2.28. The number of hydrogen-bond acceptors (Lipinski definition) is 6. The summed E-state index contributed by atoms with van der Waals surface area (Å²) in [5.74, 6) is -0.846. The zero-order valence-corrected chi connectivity index (χ0v) is 22.0. The maximum Gasteiger partial charge on any atom is 0.255 e. The highest BCUT2D eigenvalue weighted by atomic mass is 35.5. The zero-order chi connectivity index (χ0) is 25.8. The van der Waals surface area contributed by atoms with Crippen LogP contribution in [0.4, 0.5) is 0 Å². The van der Waals surface area contributed by atoms with Gasteiger partial charge in [0.25, 0.3) is 11.8 Å². The normalized spacial score (nSPS) is 21.4. The van der Waals surface area contributed by atoms with Crippen molar-refractivity contribution in [2.45, 2.75) is 63.2 Å². The van der Waals surface area contributed by atoms with Crippen LogP contribution in [0.3, 0.4) is 0 Å². The number of allylic oxidation sites excluding steroid dienone is 2. The quantitative estimate of drug-likeness (QED) is 0.478. The topological polar surface area (TPSA) is 103 Å². The van der Waals surface area contributed by atoms with E-state index in [4.69, 9.17) is 16.6 Å². The van der Waals surface area contributed by atoms with Crippen molar-refractivity contribution in [1.82, 2.24) is 15.2 Å². The summed E-state index contributed by atoms with van der Waals surface area (Å²) in [6, 6.07) is 6.99. The Hall–Kier alpha value is -2.52. The minimum absolute atomic E-state index is 0.198. The maximum absolute atomic E-state index is 13.0. The second-order valence-electron chi connectivity index (χ2n) is 9.60. The Balaban J connectivity index is 1.29. The molecule has 1 aliphatic carbocycles. The third kappa shape index (κ3) is 6.06. The molecule has 2 heterocycles. The number of benzene rings is 1. The van der Waals surface area contributed by atoms with E-state index >= 15 is 0 Å². The van der Waals surface area contributed by atoms with E-state index in [-0.39, 0.29) is 18.5 Å². The number of aromatic nitrogens is 1. The van der Waals surface area contributed by atoms with E-state index < -0.39 is 24.0 Å². The van der Waals surface area contributed by atoms with Crippen LogP contribution in [0.1, 0.15) is 67.3 Å². The van der Waals surface area contributed by atoms with Crippen molar-refractivity contribution in [2.24, 2.45) is 0 Å². The first kappa shape index (κ1) is 26.5. The van der Waals surface area contributed by atoms with Crippen LogP contribution >= 0.6 is 22.9 Å². The lowest BCUT2D eigenvalue weighted by atomic mass is 9.94. The Bertz CT molecular complexity index is 1160. The molecule has 2 amide bonds. The maximum atomic E-state index is 13.0. The summed E-state index contributed by atoms with van der Waals surface area (Å²) in [4.78, 5) is 31.7. The highest BCUT2D eigenvalue weighted by Crippen LogP contribution is 2.34. The van der Waals surface area contributed by atoms with Crippen LogP contribution in [-0.2, 0) is 9.59 Å². The van der Waals surface area contributed by atoms with Gasteiger partial charge in [-0.25, -0.2) is 4.98 Å². The smallest absolute Gasteiger partial charge is 0.255 e. The summed E-state index contributed by atoms with van der Waals surface area (Å²) in [6.45, 7) is 4.89. The Morgan fingerprint density at radius 3 is 2.75 bits per heavy atom. The van der Waals surface area contributed by atoms with Gasteiger partial charge < -0.3 is 20.4 Å². The molecule has 1 saturated heterocycles. The number of thiazole rings is 1. The van der Waals surface area contributed by atoms with Crippen molar-refractivity contribution >= 4 is 34.8 Å². The van der Waals surface area contributed by atoms with Gasteiger partial charge in [-0.3, -0.25) is 9.59 Å². The second kappa shape index (κ2) is 11.7. The standard InChI is InChI=1S/C27H32ClN3O4S/c1-16(2)26-30-21(15-36-26)18-10-8-17(9-11-18)14-29-25(34)23(32)24(33)27(35)31-12-4-7-22(31)19-5-3-6-20(28)13-19/h3,5-6,8-10,13,15-16,18,22-24,32-33H,4,7,11-12,14H2,1-2H3,(H,29,34)/t18?,22?,23-,24-/m1/s1. The lowest BCUT2D eigenvalue weighted by molar-refractivity contribution is -0.153. The number of rotatable bonds is 8. The number of nitrogens with zero attached hydrogens (tertiary/aromatic N) is 2. The highest BCUT2D eigenvalue weighted by Gasteiger charge is 2.38. The molecule has 4 atom stereocenters. The molecule has 1 aromatic heterocycles. The number of carbonyl (C=O) groups is 2. The second-order valence-corrected chi connectivity index (χ2v) is 10.9. The molecular formula is C27H32ClN3O4S. The van der Waals surface area contributed by atoms with Gasteiger partial charge in [0.05, 0.1) is 16.7 Å². The third-order valence-electron chi connectivity index (χ3n) is 6.65. The van der Waals surface area contributed by atoms with Crippen molar-refractivity contribution < 1.29 is 19.8 Å². The third-order valence-corrected chi connectivity index (χ3v) is 8.05. The van der Waals surface area contributed by atoms with Gasteiger partial charge in [0, 0.05) is 35.3 Å². The van der Waals surface area contributed by atoms with E-state index in [9.17, 15) is 19.8 Å². The highest BCUT2D eigenvalue weighted by molar-refractivity contribution is 7.09. The van der Waals surface area contributed by atoms with E-state index in [1.807, 2.05) is 24.3 Å². The number of hydrogen-bond donors (Lipinski definition) is 3. The molecule has 2 unspecified atom stereocenters. The SMILES string of the molecule is CC(C)c1nc(C2C=CC(CNC(=O)[C@H](O)[C@@H](O)C(=O)N3CCCC3c3cccc(Cl)c3)=CC2)cs1. The molecule has 0 saturated carbocycles. The van der Waals surface area contributed by atoms with Crippen LogP contribution in [0.15, 0.2) is 53.4 Å². The number of nitrogens with one attached hydrogen (secondary N) is 1. The average Bonchev–Trinajstić information content (AvgIpc) is 3.57. The predicted molar refractivity (Wildman–Crippen MR) is 141 cm³/mol. The van der Waals surface area contributed by atoms with Gasteiger partial charge >= 0.3 is 0 Å². The summed E-state index contributed by atoms with van der Waals surface area (Å²) in [5.41, 5.74) is 2.81. The first-order valence-corrected chi connectivity index (χ1v) is 13.5. The van der Waals surface area contributed by atoms with Crippen LogP contribution in [0, 0.1) is 0 Å². The van der Waals surface area contributed by atoms with Crippen molar-refractivity contribution in [3.05, 3.63) is 74.7 Å². The Morgan fingerprint density at radius 2 is 2.08 bits per heavy atom. The van der Waals surface area contributed by atoms with Crippen molar-refractivity contribution in [3.63, 3.8) is 0 Å². The minimum atomic E-state index is -1.86. The van der Waals surface area contributed by atoms with Crippen molar-refractivity contribution in [1.29, 1.82) is 0 Å². The van der Waals surface area contributed by atoms with E-state index in [1.165, 1.54) is 4.90 Å². The number of amides is 2. The summed E-state index contributed by atoms with van der Waals surface area (Å²) >= 11 is 7.77. The molecule has 3 N–H and O–H groups in total. The number of carbonyl (C=O) groups excluding carboxylic acids is 2. The van der Waals surface area contributed by atoms with E-state index in [0.717, 1.165) is 41.1 Å². The minimum Gasteiger partial charge on any atom is -0.380 e. The van der Waals surface area contributed by atoms with Gasteiger partial charge in [0.15, 0.2) is 12.2 Å². The fourth-order valence-corrected chi connectivity index (χ4v) is 5.68. The van der Waals surface area contributed by atoms with Crippen LogP contribution in [0.25, 0.3) is 0 Å². The first-order chi connectivity index (χ1) is 17.2. The molecule has 0 radical (unpaired) electrons. The van der Waals surface area contributed by atoms with Gasteiger partial charge in [-0.15, -0.1) is 11.3 Å². The molecule has 1 aliphatic heterocycles.